The summed E-state index contributed by atoms with van der Waals surface area (Å²) in [5.41, 5.74) is 5.45. The van der Waals surface area contributed by atoms with Crippen molar-refractivity contribution < 1.29 is 0 Å². The van der Waals surface area contributed by atoms with Crippen LogP contribution in [0, 0.1) is 11.3 Å². The summed E-state index contributed by atoms with van der Waals surface area (Å²) in [6, 6.07) is 1.81. The van der Waals surface area contributed by atoms with Crippen molar-refractivity contribution in [2.45, 2.75) is 57.9 Å². The SMILES string of the molecule is CCCCCCCCC(N)C#N. The van der Waals surface area contributed by atoms with Crippen molar-refractivity contribution >= 4 is 0 Å². The third kappa shape index (κ3) is 7.56. The van der Waals surface area contributed by atoms with E-state index in [4.69, 9.17) is 11.0 Å². The van der Waals surface area contributed by atoms with E-state index in [1.54, 1.807) is 0 Å². The molecule has 1 atom stereocenters. The minimum Gasteiger partial charge on any atom is -0.316 e. The number of nitriles is 1. The molecule has 0 aromatic carbocycles. The summed E-state index contributed by atoms with van der Waals surface area (Å²) < 4.78 is 0. The number of rotatable bonds is 7. The fourth-order valence-electron chi connectivity index (χ4n) is 1.21. The highest BCUT2D eigenvalue weighted by Crippen LogP contribution is 2.07. The standard InChI is InChI=1S/C10H20N2/c1-2-3-4-5-6-7-8-10(12)9-11/h10H,2-8,12H2,1H3. The average molecular weight is 168 g/mol. The first-order valence-corrected chi connectivity index (χ1v) is 4.96. The third-order valence-corrected chi connectivity index (χ3v) is 2.03. The molecule has 0 rings (SSSR count). The van der Waals surface area contributed by atoms with Gasteiger partial charge in [-0.05, 0) is 6.42 Å². The minimum atomic E-state index is -0.240. The molecule has 0 amide bonds. The van der Waals surface area contributed by atoms with E-state index < -0.39 is 0 Å². The minimum absolute atomic E-state index is 0.240. The van der Waals surface area contributed by atoms with Crippen LogP contribution in [-0.4, -0.2) is 6.04 Å². The van der Waals surface area contributed by atoms with E-state index in [1.807, 2.05) is 6.07 Å². The lowest BCUT2D eigenvalue weighted by Crippen LogP contribution is -2.16. The summed E-state index contributed by atoms with van der Waals surface area (Å²) in [6.45, 7) is 2.21. The van der Waals surface area contributed by atoms with Crippen molar-refractivity contribution in [2.75, 3.05) is 0 Å². The number of nitrogens with zero attached hydrogens (tertiary/aromatic N) is 1. The molecule has 0 aromatic heterocycles. The Morgan fingerprint density at radius 1 is 1.17 bits per heavy atom. The van der Waals surface area contributed by atoms with Gasteiger partial charge in [-0.2, -0.15) is 5.26 Å². The Labute approximate surface area is 75.8 Å². The normalized spacial score (nSPS) is 12.4. The van der Waals surface area contributed by atoms with Gasteiger partial charge in [0, 0.05) is 0 Å². The lowest BCUT2D eigenvalue weighted by atomic mass is 10.1. The largest absolute Gasteiger partial charge is 0.316 e. The van der Waals surface area contributed by atoms with Gasteiger partial charge in [0.1, 0.15) is 0 Å². The second-order valence-corrected chi connectivity index (χ2v) is 3.29. The van der Waals surface area contributed by atoms with Crippen molar-refractivity contribution in [1.82, 2.24) is 0 Å². The zero-order valence-electron chi connectivity index (χ0n) is 8.05. The van der Waals surface area contributed by atoms with Crippen LogP contribution in [0.2, 0.25) is 0 Å². The summed E-state index contributed by atoms with van der Waals surface area (Å²) in [5.74, 6) is 0. The second kappa shape index (κ2) is 8.55. The third-order valence-electron chi connectivity index (χ3n) is 2.03. The Morgan fingerprint density at radius 2 is 1.75 bits per heavy atom. The molecule has 0 heterocycles. The molecule has 12 heavy (non-hydrogen) atoms. The number of hydrogen-bond donors (Lipinski definition) is 1. The predicted molar refractivity (Wildman–Crippen MR) is 51.6 cm³/mol. The smallest absolute Gasteiger partial charge is 0.0928 e. The molecule has 2 nitrogen and oxygen atoms in total. The van der Waals surface area contributed by atoms with Gasteiger partial charge in [-0.1, -0.05) is 45.4 Å². The van der Waals surface area contributed by atoms with Crippen LogP contribution < -0.4 is 5.73 Å². The zero-order valence-corrected chi connectivity index (χ0v) is 8.05. The van der Waals surface area contributed by atoms with Crippen molar-refractivity contribution in [2.24, 2.45) is 5.73 Å². The first kappa shape index (κ1) is 11.4. The molecular weight excluding hydrogens is 148 g/mol. The van der Waals surface area contributed by atoms with Gasteiger partial charge in [-0.3, -0.25) is 0 Å². The Bertz CT molecular complexity index is 126. The van der Waals surface area contributed by atoms with Crippen LogP contribution in [0.15, 0.2) is 0 Å². The predicted octanol–water partition coefficient (Wildman–Crippen LogP) is 2.59. The van der Waals surface area contributed by atoms with Crippen LogP contribution in [0.4, 0.5) is 0 Å². The van der Waals surface area contributed by atoms with Gasteiger partial charge < -0.3 is 5.73 Å². The van der Waals surface area contributed by atoms with Crippen molar-refractivity contribution in [3.05, 3.63) is 0 Å². The van der Waals surface area contributed by atoms with E-state index in [-0.39, 0.29) is 6.04 Å². The lowest BCUT2D eigenvalue weighted by Gasteiger charge is -2.01. The van der Waals surface area contributed by atoms with Crippen LogP contribution in [0.5, 0.6) is 0 Å². The van der Waals surface area contributed by atoms with Gasteiger partial charge in [0.2, 0.25) is 0 Å². The first-order chi connectivity index (χ1) is 5.81. The lowest BCUT2D eigenvalue weighted by molar-refractivity contribution is 0.573. The molecule has 0 radical (unpaired) electrons. The van der Waals surface area contributed by atoms with Crippen LogP contribution in [0.25, 0.3) is 0 Å². The molecule has 0 spiro atoms. The molecule has 1 unspecified atom stereocenters. The van der Waals surface area contributed by atoms with Gasteiger partial charge in [0.25, 0.3) is 0 Å². The molecule has 0 bridgehead atoms. The van der Waals surface area contributed by atoms with Crippen LogP contribution in [0.3, 0.4) is 0 Å². The van der Waals surface area contributed by atoms with E-state index in [0.717, 1.165) is 12.8 Å². The second-order valence-electron chi connectivity index (χ2n) is 3.29. The van der Waals surface area contributed by atoms with E-state index in [9.17, 15) is 0 Å². The number of hydrogen-bond acceptors (Lipinski definition) is 2. The molecule has 0 aliphatic heterocycles. The van der Waals surface area contributed by atoms with Crippen molar-refractivity contribution in [3.8, 4) is 6.07 Å². The van der Waals surface area contributed by atoms with Gasteiger partial charge in [0.15, 0.2) is 0 Å². The summed E-state index contributed by atoms with van der Waals surface area (Å²) >= 11 is 0. The average Bonchev–Trinajstić information content (AvgIpc) is 2.10. The molecule has 70 valence electrons. The Morgan fingerprint density at radius 3 is 2.33 bits per heavy atom. The molecule has 0 fully saturated rings. The van der Waals surface area contributed by atoms with Crippen molar-refractivity contribution in [1.29, 1.82) is 5.26 Å². The van der Waals surface area contributed by atoms with Crippen molar-refractivity contribution in [3.63, 3.8) is 0 Å². The summed E-state index contributed by atoms with van der Waals surface area (Å²) in [7, 11) is 0. The van der Waals surface area contributed by atoms with E-state index in [2.05, 4.69) is 6.92 Å². The fraction of sp³-hybridized carbons (Fsp3) is 0.900. The fourth-order valence-corrected chi connectivity index (χ4v) is 1.21. The maximum atomic E-state index is 8.40. The number of nitrogens with two attached hydrogens (primary N) is 1. The van der Waals surface area contributed by atoms with Crippen LogP contribution >= 0.6 is 0 Å². The maximum absolute atomic E-state index is 8.40. The number of unbranched alkanes of at least 4 members (excludes halogenated alkanes) is 5. The van der Waals surface area contributed by atoms with E-state index in [1.165, 1.54) is 32.1 Å². The summed E-state index contributed by atoms with van der Waals surface area (Å²) in [6.07, 6.45) is 8.46. The molecule has 0 aliphatic rings. The molecule has 0 saturated carbocycles. The first-order valence-electron chi connectivity index (χ1n) is 4.96. The quantitative estimate of drug-likeness (QED) is 0.594. The maximum Gasteiger partial charge on any atom is 0.0928 e. The highest BCUT2D eigenvalue weighted by atomic mass is 14.6. The molecule has 2 N–H and O–H groups in total. The highest BCUT2D eigenvalue weighted by Gasteiger charge is 1.97. The Kier molecular flexibility index (Phi) is 8.15. The van der Waals surface area contributed by atoms with Gasteiger partial charge in [-0.15, -0.1) is 0 Å². The topological polar surface area (TPSA) is 49.8 Å². The Hall–Kier alpha value is -0.550. The van der Waals surface area contributed by atoms with E-state index in [0.29, 0.717) is 0 Å². The Balaban J connectivity index is 2.96. The summed E-state index contributed by atoms with van der Waals surface area (Å²) in [5, 5.41) is 8.40. The van der Waals surface area contributed by atoms with Gasteiger partial charge >= 0.3 is 0 Å². The molecule has 2 heteroatoms. The molecular formula is C10H20N2. The van der Waals surface area contributed by atoms with Crippen LogP contribution in [-0.2, 0) is 0 Å². The summed E-state index contributed by atoms with van der Waals surface area (Å²) in [4.78, 5) is 0. The molecule has 0 saturated heterocycles. The highest BCUT2D eigenvalue weighted by molar-refractivity contribution is 4.85. The van der Waals surface area contributed by atoms with E-state index >= 15 is 0 Å². The van der Waals surface area contributed by atoms with Crippen LogP contribution in [0.1, 0.15) is 51.9 Å². The monoisotopic (exact) mass is 168 g/mol. The zero-order chi connectivity index (χ0) is 9.23. The molecule has 0 aromatic rings. The molecule has 0 aliphatic carbocycles. The van der Waals surface area contributed by atoms with Gasteiger partial charge in [0.05, 0.1) is 12.1 Å². The van der Waals surface area contributed by atoms with Gasteiger partial charge in [-0.25, -0.2) is 0 Å².